The number of fused-ring (bicyclic) bond motifs is 7. The molecule has 4 aromatic heterocycles. The molecular formula is C37H25N7. The summed E-state index contributed by atoms with van der Waals surface area (Å²) in [5.74, 6) is 1.22. The zero-order valence-electron chi connectivity index (χ0n) is 23.5. The Morgan fingerprint density at radius 3 is 1.82 bits per heavy atom. The van der Waals surface area contributed by atoms with Gasteiger partial charge in [0.05, 0.1) is 27.8 Å². The molecule has 0 aliphatic carbocycles. The van der Waals surface area contributed by atoms with Crippen LogP contribution in [0.3, 0.4) is 0 Å². The molecule has 0 amide bonds. The minimum atomic E-state index is -0.448. The van der Waals surface area contributed by atoms with Gasteiger partial charge in [-0.25, -0.2) is 4.99 Å². The summed E-state index contributed by atoms with van der Waals surface area (Å²) in [6.07, 6.45) is 3.13. The van der Waals surface area contributed by atoms with E-state index in [9.17, 15) is 0 Å². The second-order valence-corrected chi connectivity index (χ2v) is 10.8. The van der Waals surface area contributed by atoms with E-state index < -0.39 is 6.17 Å². The smallest absolute Gasteiger partial charge is 0.234 e. The molecule has 8 aromatic rings. The lowest BCUT2D eigenvalue weighted by Gasteiger charge is -2.23. The van der Waals surface area contributed by atoms with Gasteiger partial charge in [0, 0.05) is 39.6 Å². The van der Waals surface area contributed by atoms with Crippen molar-refractivity contribution < 1.29 is 0 Å². The van der Waals surface area contributed by atoms with Crippen LogP contribution >= 0.6 is 0 Å². The maximum atomic E-state index is 5.22. The van der Waals surface area contributed by atoms with Crippen LogP contribution in [0.5, 0.6) is 0 Å². The zero-order chi connectivity index (χ0) is 29.0. The lowest BCUT2D eigenvalue weighted by atomic mass is 10.1. The van der Waals surface area contributed by atoms with E-state index in [0.717, 1.165) is 49.9 Å². The van der Waals surface area contributed by atoms with Gasteiger partial charge in [0.2, 0.25) is 5.96 Å². The van der Waals surface area contributed by atoms with Gasteiger partial charge in [0.1, 0.15) is 5.69 Å². The maximum absolute atomic E-state index is 5.22. The monoisotopic (exact) mass is 567 g/mol. The van der Waals surface area contributed by atoms with E-state index in [-0.39, 0.29) is 0 Å². The molecule has 1 unspecified atom stereocenters. The molecule has 9 rings (SSSR count). The van der Waals surface area contributed by atoms with Crippen LogP contribution in [0, 0.1) is 0 Å². The summed E-state index contributed by atoms with van der Waals surface area (Å²) in [7, 11) is 0. The summed E-state index contributed by atoms with van der Waals surface area (Å²) < 4.78 is 4.58. The van der Waals surface area contributed by atoms with Gasteiger partial charge in [0.25, 0.3) is 0 Å². The SMILES string of the molecule is c1ccc(-n2c3ccccc3c3ccc4c5ccccc5n(C5=NC(c6ccccn6)NC(c6ccccn6)=N5)c4c32)cc1. The predicted octanol–water partition coefficient (Wildman–Crippen LogP) is 7.63. The molecular weight excluding hydrogens is 542 g/mol. The van der Waals surface area contributed by atoms with Crippen LogP contribution in [0.4, 0.5) is 0 Å². The Morgan fingerprint density at radius 2 is 1.14 bits per heavy atom. The first-order valence-corrected chi connectivity index (χ1v) is 14.6. The zero-order valence-corrected chi connectivity index (χ0v) is 23.5. The van der Waals surface area contributed by atoms with Crippen molar-refractivity contribution in [3.63, 3.8) is 0 Å². The number of nitrogens with one attached hydrogen (secondary N) is 1. The number of para-hydroxylation sites is 3. The Hall–Kier alpha value is -6.08. The van der Waals surface area contributed by atoms with E-state index in [1.807, 2.05) is 36.4 Å². The maximum Gasteiger partial charge on any atom is 0.234 e. The molecule has 7 nitrogen and oxygen atoms in total. The van der Waals surface area contributed by atoms with Crippen molar-refractivity contribution in [2.75, 3.05) is 0 Å². The van der Waals surface area contributed by atoms with E-state index in [1.54, 1.807) is 12.4 Å². The van der Waals surface area contributed by atoms with Crippen LogP contribution in [-0.4, -0.2) is 30.9 Å². The standard InChI is InChI=1S/C37H25N7/c1-2-12-24(13-3-1)43-31-18-6-4-14-25(31)27-20-21-28-26-15-5-7-19-32(26)44(34(28)33(27)43)37-41-35(29-16-8-10-22-38-29)40-36(42-37)30-17-9-11-23-39-30/h1-23,35H,(H,40,41,42). The second kappa shape index (κ2) is 9.74. The van der Waals surface area contributed by atoms with E-state index in [1.165, 1.54) is 10.8 Å². The quantitative estimate of drug-likeness (QED) is 0.239. The lowest BCUT2D eigenvalue weighted by molar-refractivity contribution is 0.646. The minimum Gasteiger partial charge on any atom is -0.341 e. The molecule has 1 aliphatic heterocycles. The number of amidine groups is 1. The molecule has 1 aliphatic rings. The number of aromatic nitrogens is 4. The topological polar surface area (TPSA) is 72.4 Å². The normalized spacial score (nSPS) is 15.0. The first-order chi connectivity index (χ1) is 21.8. The van der Waals surface area contributed by atoms with Gasteiger partial charge in [-0.1, -0.05) is 78.9 Å². The third kappa shape index (κ3) is 3.69. The fourth-order valence-electron chi connectivity index (χ4n) is 6.41. The first kappa shape index (κ1) is 24.5. The third-order valence-corrected chi connectivity index (χ3v) is 8.29. The van der Waals surface area contributed by atoms with Gasteiger partial charge in [-0.05, 0) is 48.5 Å². The van der Waals surface area contributed by atoms with Gasteiger partial charge in [-0.3, -0.25) is 14.5 Å². The number of aliphatic imine (C=N–C) groups is 2. The van der Waals surface area contributed by atoms with E-state index >= 15 is 0 Å². The molecule has 0 spiro atoms. The van der Waals surface area contributed by atoms with Crippen molar-refractivity contribution in [3.05, 3.63) is 151 Å². The highest BCUT2D eigenvalue weighted by Crippen LogP contribution is 2.40. The Bertz CT molecular complexity index is 2400. The fourth-order valence-corrected chi connectivity index (χ4v) is 6.41. The Kier molecular flexibility index (Phi) is 5.43. The van der Waals surface area contributed by atoms with Crippen molar-refractivity contribution in [1.29, 1.82) is 0 Å². The van der Waals surface area contributed by atoms with Crippen molar-refractivity contribution in [2.45, 2.75) is 6.17 Å². The van der Waals surface area contributed by atoms with Crippen LogP contribution in [0.2, 0.25) is 0 Å². The van der Waals surface area contributed by atoms with Gasteiger partial charge in [-0.15, -0.1) is 0 Å². The van der Waals surface area contributed by atoms with Crippen molar-refractivity contribution in [1.82, 2.24) is 24.4 Å². The molecule has 7 heteroatoms. The highest BCUT2D eigenvalue weighted by molar-refractivity contribution is 6.26. The predicted molar refractivity (Wildman–Crippen MR) is 178 cm³/mol. The van der Waals surface area contributed by atoms with Crippen LogP contribution in [0.15, 0.2) is 150 Å². The molecule has 208 valence electrons. The molecule has 0 saturated carbocycles. The average Bonchev–Trinajstić information content (AvgIpc) is 3.62. The summed E-state index contributed by atoms with van der Waals surface area (Å²) in [4.78, 5) is 19.6. The number of benzene rings is 4. The van der Waals surface area contributed by atoms with Gasteiger partial charge < -0.3 is 9.88 Å². The largest absolute Gasteiger partial charge is 0.341 e. The van der Waals surface area contributed by atoms with Crippen LogP contribution in [0.25, 0.3) is 49.3 Å². The Morgan fingerprint density at radius 1 is 0.523 bits per heavy atom. The number of hydrogen-bond donors (Lipinski definition) is 1. The summed E-state index contributed by atoms with van der Waals surface area (Å²) >= 11 is 0. The van der Waals surface area contributed by atoms with Crippen LogP contribution in [0.1, 0.15) is 17.6 Å². The fraction of sp³-hybridized carbons (Fsp3) is 0.0270. The Labute approximate surface area is 252 Å². The number of rotatable bonds is 3. The summed E-state index contributed by atoms with van der Waals surface area (Å²) in [5.41, 5.74) is 6.98. The van der Waals surface area contributed by atoms with E-state index in [2.05, 4.69) is 115 Å². The minimum absolute atomic E-state index is 0.448. The highest BCUT2D eigenvalue weighted by atomic mass is 15.3. The average molecular weight is 568 g/mol. The van der Waals surface area contributed by atoms with E-state index in [0.29, 0.717) is 11.8 Å². The molecule has 0 fully saturated rings. The third-order valence-electron chi connectivity index (χ3n) is 8.29. The molecule has 1 N–H and O–H groups in total. The van der Waals surface area contributed by atoms with Gasteiger partial charge in [0.15, 0.2) is 12.0 Å². The summed E-state index contributed by atoms with van der Waals surface area (Å²) in [6, 6.07) is 43.8. The van der Waals surface area contributed by atoms with Gasteiger partial charge >= 0.3 is 0 Å². The number of hydrogen-bond acceptors (Lipinski definition) is 5. The molecule has 4 aromatic carbocycles. The summed E-state index contributed by atoms with van der Waals surface area (Å²) in [6.45, 7) is 0. The van der Waals surface area contributed by atoms with Crippen molar-refractivity contribution >= 4 is 55.4 Å². The first-order valence-electron chi connectivity index (χ1n) is 14.6. The molecule has 0 bridgehead atoms. The van der Waals surface area contributed by atoms with Crippen molar-refractivity contribution in [3.8, 4) is 5.69 Å². The molecule has 0 radical (unpaired) electrons. The number of pyridine rings is 2. The number of nitrogens with zero attached hydrogens (tertiary/aromatic N) is 6. The highest BCUT2D eigenvalue weighted by Gasteiger charge is 2.27. The summed E-state index contributed by atoms with van der Waals surface area (Å²) in [5, 5.41) is 8.13. The second-order valence-electron chi connectivity index (χ2n) is 10.8. The van der Waals surface area contributed by atoms with Crippen molar-refractivity contribution in [2.24, 2.45) is 9.98 Å². The molecule has 44 heavy (non-hydrogen) atoms. The lowest BCUT2D eigenvalue weighted by Crippen LogP contribution is -2.35. The molecule has 0 saturated heterocycles. The van der Waals surface area contributed by atoms with E-state index in [4.69, 9.17) is 9.98 Å². The Balaban J connectivity index is 1.44. The molecule has 1 atom stereocenters. The van der Waals surface area contributed by atoms with Gasteiger partial charge in [-0.2, -0.15) is 4.99 Å². The molecule has 5 heterocycles. The van der Waals surface area contributed by atoms with Crippen LogP contribution in [-0.2, 0) is 0 Å². The van der Waals surface area contributed by atoms with Crippen LogP contribution < -0.4 is 5.32 Å².